The molecule has 0 aromatic heterocycles. The van der Waals surface area contributed by atoms with Crippen molar-refractivity contribution in [2.45, 2.75) is 6.29 Å². The van der Waals surface area contributed by atoms with Crippen LogP contribution in [0, 0.1) is 11.3 Å². The Labute approximate surface area is 84.1 Å². The standard InChI is InChI=1S/C10H5F2NO2/c1-6(5-13)7-3-2-4-8-9(7)15-10(11,12)14-8/h2-4H,1H2. The van der Waals surface area contributed by atoms with Crippen molar-refractivity contribution in [1.29, 1.82) is 5.26 Å². The van der Waals surface area contributed by atoms with Gasteiger partial charge in [0.25, 0.3) is 0 Å². The van der Waals surface area contributed by atoms with Gasteiger partial charge < -0.3 is 9.47 Å². The number of para-hydroxylation sites is 1. The van der Waals surface area contributed by atoms with Crippen LogP contribution < -0.4 is 9.47 Å². The van der Waals surface area contributed by atoms with Gasteiger partial charge in [0.05, 0.1) is 11.6 Å². The van der Waals surface area contributed by atoms with E-state index in [1.165, 1.54) is 18.2 Å². The summed E-state index contributed by atoms with van der Waals surface area (Å²) in [5, 5.41) is 8.62. The number of fused-ring (bicyclic) bond motifs is 1. The molecule has 0 N–H and O–H groups in total. The maximum absolute atomic E-state index is 12.7. The van der Waals surface area contributed by atoms with Crippen LogP contribution in [0.3, 0.4) is 0 Å². The lowest BCUT2D eigenvalue weighted by atomic mass is 10.1. The van der Waals surface area contributed by atoms with Crippen molar-refractivity contribution in [3.63, 3.8) is 0 Å². The van der Waals surface area contributed by atoms with E-state index in [0.717, 1.165) is 0 Å². The second-order valence-corrected chi connectivity index (χ2v) is 2.89. The molecule has 3 nitrogen and oxygen atoms in total. The van der Waals surface area contributed by atoms with Crippen molar-refractivity contribution in [3.8, 4) is 17.6 Å². The van der Waals surface area contributed by atoms with Crippen LogP contribution in [0.25, 0.3) is 5.57 Å². The van der Waals surface area contributed by atoms with E-state index in [2.05, 4.69) is 16.1 Å². The van der Waals surface area contributed by atoms with Gasteiger partial charge in [-0.05, 0) is 12.1 Å². The highest BCUT2D eigenvalue weighted by Crippen LogP contribution is 2.44. The minimum atomic E-state index is -3.67. The molecule has 0 atom stereocenters. The fourth-order valence-electron chi connectivity index (χ4n) is 1.27. The molecule has 15 heavy (non-hydrogen) atoms. The molecule has 5 heteroatoms. The largest absolute Gasteiger partial charge is 0.586 e. The lowest BCUT2D eigenvalue weighted by molar-refractivity contribution is -0.286. The molecule has 1 aromatic carbocycles. The Morgan fingerprint density at radius 3 is 2.80 bits per heavy atom. The molecule has 0 spiro atoms. The second kappa shape index (κ2) is 2.95. The lowest BCUT2D eigenvalue weighted by Crippen LogP contribution is -2.26. The lowest BCUT2D eigenvalue weighted by Gasteiger charge is -2.05. The van der Waals surface area contributed by atoms with Gasteiger partial charge in [0.15, 0.2) is 11.5 Å². The van der Waals surface area contributed by atoms with E-state index >= 15 is 0 Å². The monoisotopic (exact) mass is 209 g/mol. The number of allylic oxidation sites excluding steroid dienone is 1. The van der Waals surface area contributed by atoms with Crippen molar-refractivity contribution in [2.24, 2.45) is 0 Å². The smallest absolute Gasteiger partial charge is 0.395 e. The number of halogens is 2. The highest BCUT2D eigenvalue weighted by Gasteiger charge is 2.44. The Morgan fingerprint density at radius 1 is 1.40 bits per heavy atom. The van der Waals surface area contributed by atoms with Crippen LogP contribution in [-0.4, -0.2) is 6.29 Å². The molecule has 1 aliphatic heterocycles. The summed E-state index contributed by atoms with van der Waals surface area (Å²) in [5.74, 6) is -0.233. The second-order valence-electron chi connectivity index (χ2n) is 2.89. The maximum Gasteiger partial charge on any atom is 0.586 e. The maximum atomic E-state index is 12.7. The minimum absolute atomic E-state index is 0.0492. The Kier molecular flexibility index (Phi) is 1.86. The van der Waals surface area contributed by atoms with E-state index in [4.69, 9.17) is 5.26 Å². The zero-order valence-electron chi connectivity index (χ0n) is 7.46. The summed E-state index contributed by atoms with van der Waals surface area (Å²) in [7, 11) is 0. The van der Waals surface area contributed by atoms with Gasteiger partial charge in [-0.15, -0.1) is 8.78 Å². The number of alkyl halides is 2. The zero-order valence-corrected chi connectivity index (χ0v) is 7.46. The van der Waals surface area contributed by atoms with Crippen LogP contribution >= 0.6 is 0 Å². The molecule has 76 valence electrons. The number of rotatable bonds is 1. The molecule has 1 aliphatic rings. The first-order chi connectivity index (χ1) is 7.03. The summed E-state index contributed by atoms with van der Waals surface area (Å²) < 4.78 is 34.0. The van der Waals surface area contributed by atoms with E-state index in [9.17, 15) is 8.78 Å². The first kappa shape index (κ1) is 9.46. The highest BCUT2D eigenvalue weighted by atomic mass is 19.3. The van der Waals surface area contributed by atoms with E-state index in [1.54, 1.807) is 6.07 Å². The van der Waals surface area contributed by atoms with Crippen LogP contribution in [0.2, 0.25) is 0 Å². The van der Waals surface area contributed by atoms with Gasteiger partial charge in [0, 0.05) is 5.56 Å². The molecular weight excluding hydrogens is 204 g/mol. The zero-order chi connectivity index (χ0) is 11.1. The van der Waals surface area contributed by atoms with E-state index in [0.29, 0.717) is 0 Å². The SMILES string of the molecule is C=C(C#N)c1cccc2c1OC(F)(F)O2. The van der Waals surface area contributed by atoms with Crippen LogP contribution in [-0.2, 0) is 0 Å². The first-order valence-electron chi connectivity index (χ1n) is 4.02. The van der Waals surface area contributed by atoms with E-state index < -0.39 is 6.29 Å². The van der Waals surface area contributed by atoms with Gasteiger partial charge in [-0.2, -0.15) is 5.26 Å². The van der Waals surface area contributed by atoms with Crippen molar-refractivity contribution in [2.75, 3.05) is 0 Å². The molecule has 0 unspecified atom stereocenters. The predicted octanol–water partition coefficient (Wildman–Crippen LogP) is 2.54. The Balaban J connectivity index is 2.52. The van der Waals surface area contributed by atoms with Gasteiger partial charge in [-0.1, -0.05) is 12.6 Å². The third-order valence-corrected chi connectivity index (χ3v) is 1.89. The molecule has 0 bridgehead atoms. The van der Waals surface area contributed by atoms with Gasteiger partial charge >= 0.3 is 6.29 Å². The minimum Gasteiger partial charge on any atom is -0.395 e. The molecular formula is C10H5F2NO2. The van der Waals surface area contributed by atoms with Gasteiger partial charge in [0.1, 0.15) is 0 Å². The van der Waals surface area contributed by atoms with E-state index in [1.807, 2.05) is 0 Å². The van der Waals surface area contributed by atoms with Crippen LogP contribution in [0.1, 0.15) is 5.56 Å². The molecule has 0 fully saturated rings. The van der Waals surface area contributed by atoms with Gasteiger partial charge in [-0.3, -0.25) is 0 Å². The molecule has 0 aliphatic carbocycles. The number of nitriles is 1. The topological polar surface area (TPSA) is 42.2 Å². The molecule has 0 amide bonds. The van der Waals surface area contributed by atoms with Crippen molar-refractivity contribution in [1.82, 2.24) is 0 Å². The number of hydrogen-bond donors (Lipinski definition) is 0. The summed E-state index contributed by atoms with van der Waals surface area (Å²) >= 11 is 0. The van der Waals surface area contributed by atoms with Crippen molar-refractivity contribution < 1.29 is 18.3 Å². The molecule has 1 aromatic rings. The van der Waals surface area contributed by atoms with Crippen molar-refractivity contribution >= 4 is 5.57 Å². The van der Waals surface area contributed by atoms with Crippen LogP contribution in [0.5, 0.6) is 11.5 Å². The summed E-state index contributed by atoms with van der Waals surface area (Å²) in [6.45, 7) is 3.43. The average Bonchev–Trinajstić information content (AvgIpc) is 2.49. The Hall–Kier alpha value is -2.09. The predicted molar refractivity (Wildman–Crippen MR) is 47.3 cm³/mol. The molecule has 2 rings (SSSR count). The highest BCUT2D eigenvalue weighted by molar-refractivity contribution is 5.80. The van der Waals surface area contributed by atoms with Crippen LogP contribution in [0.4, 0.5) is 8.78 Å². The van der Waals surface area contributed by atoms with Crippen molar-refractivity contribution in [3.05, 3.63) is 30.3 Å². The van der Waals surface area contributed by atoms with Gasteiger partial charge in [-0.25, -0.2) is 0 Å². The van der Waals surface area contributed by atoms with E-state index in [-0.39, 0.29) is 22.6 Å². The molecule has 0 saturated heterocycles. The summed E-state index contributed by atoms with van der Waals surface area (Å²) in [6, 6.07) is 6.06. The third kappa shape index (κ3) is 1.50. The summed E-state index contributed by atoms with van der Waals surface area (Å²) in [6.07, 6.45) is -3.67. The molecule has 0 radical (unpaired) electrons. The number of nitrogens with zero attached hydrogens (tertiary/aromatic N) is 1. The first-order valence-corrected chi connectivity index (χ1v) is 4.02. The van der Waals surface area contributed by atoms with Crippen LogP contribution in [0.15, 0.2) is 24.8 Å². The normalized spacial score (nSPS) is 15.8. The fourth-order valence-corrected chi connectivity index (χ4v) is 1.27. The number of benzene rings is 1. The summed E-state index contributed by atoms with van der Waals surface area (Å²) in [5.41, 5.74) is 0.264. The average molecular weight is 209 g/mol. The summed E-state index contributed by atoms with van der Waals surface area (Å²) in [4.78, 5) is 0. The van der Waals surface area contributed by atoms with Gasteiger partial charge in [0.2, 0.25) is 0 Å². The fraction of sp³-hybridized carbons (Fsp3) is 0.100. The third-order valence-electron chi connectivity index (χ3n) is 1.89. The molecule has 1 heterocycles. The Morgan fingerprint density at radius 2 is 2.13 bits per heavy atom. The quantitative estimate of drug-likeness (QED) is 0.667. The Bertz CT molecular complexity index is 477. The number of ether oxygens (including phenoxy) is 2. The molecule has 0 saturated carbocycles. The number of hydrogen-bond acceptors (Lipinski definition) is 3.